The molecular weight excluding hydrogens is 256 g/mol. The van der Waals surface area contributed by atoms with Crippen LogP contribution in [0.1, 0.15) is 28.6 Å². The van der Waals surface area contributed by atoms with Crippen molar-refractivity contribution >= 4 is 34.1 Å². The third-order valence-corrected chi connectivity index (χ3v) is 3.24. The fraction of sp³-hybridized carbons (Fsp3) is 0.364. The van der Waals surface area contributed by atoms with Gasteiger partial charge in [-0.1, -0.05) is 0 Å². The average molecular weight is 270 g/mol. The lowest BCUT2D eigenvalue weighted by Crippen LogP contribution is -2.25. The van der Waals surface area contributed by atoms with Crippen LogP contribution in [0.25, 0.3) is 0 Å². The molecule has 0 spiro atoms. The van der Waals surface area contributed by atoms with Crippen LogP contribution in [-0.4, -0.2) is 29.4 Å². The molecule has 0 aromatic carbocycles. The van der Waals surface area contributed by atoms with Crippen LogP contribution in [0.4, 0.5) is 5.00 Å². The summed E-state index contributed by atoms with van der Waals surface area (Å²) in [5.41, 5.74) is 0.615. The van der Waals surface area contributed by atoms with Crippen molar-refractivity contribution in [2.45, 2.75) is 20.3 Å². The maximum atomic E-state index is 11.5. The molecule has 1 heterocycles. The number of aromatic carboxylic acids is 1. The van der Waals surface area contributed by atoms with Gasteiger partial charge in [-0.2, -0.15) is 0 Å². The van der Waals surface area contributed by atoms with Crippen LogP contribution in [0.5, 0.6) is 0 Å². The average Bonchev–Trinajstić information content (AvgIpc) is 2.58. The van der Waals surface area contributed by atoms with Crippen molar-refractivity contribution < 1.29 is 19.5 Å². The van der Waals surface area contributed by atoms with Gasteiger partial charge < -0.3 is 15.7 Å². The molecule has 0 aliphatic heterocycles. The van der Waals surface area contributed by atoms with Crippen LogP contribution in [0.3, 0.4) is 0 Å². The monoisotopic (exact) mass is 270 g/mol. The fourth-order valence-electron chi connectivity index (χ4n) is 1.31. The first-order chi connectivity index (χ1) is 8.40. The number of hydrogen-bond acceptors (Lipinski definition) is 4. The molecule has 1 aromatic rings. The Kier molecular flexibility index (Phi) is 4.85. The van der Waals surface area contributed by atoms with E-state index in [4.69, 9.17) is 5.11 Å². The quantitative estimate of drug-likeness (QED) is 0.749. The molecule has 0 atom stereocenters. The molecule has 1 rings (SSSR count). The second-order valence-corrected chi connectivity index (χ2v) is 4.76. The minimum Gasteiger partial charge on any atom is -0.477 e. The molecule has 0 saturated heterocycles. The number of nitrogens with one attached hydrogen (secondary N) is 2. The van der Waals surface area contributed by atoms with Gasteiger partial charge in [0.15, 0.2) is 0 Å². The molecular formula is C11H14N2O4S. The Hall–Kier alpha value is -1.89. The van der Waals surface area contributed by atoms with Crippen molar-refractivity contribution in [3.05, 3.63) is 16.5 Å². The highest BCUT2D eigenvalue weighted by atomic mass is 32.1. The fourth-order valence-corrected chi connectivity index (χ4v) is 2.24. The van der Waals surface area contributed by atoms with Crippen LogP contribution in [0.2, 0.25) is 0 Å². The zero-order valence-corrected chi connectivity index (χ0v) is 10.9. The molecule has 0 bridgehead atoms. The smallest absolute Gasteiger partial charge is 0.346 e. The van der Waals surface area contributed by atoms with Gasteiger partial charge in [0.2, 0.25) is 11.8 Å². The number of carbonyl (C=O) groups excluding carboxylic acids is 2. The number of carboxylic acids is 1. The molecule has 0 aliphatic carbocycles. The normalized spacial score (nSPS) is 9.89. The molecule has 6 nitrogen and oxygen atoms in total. The molecule has 0 fully saturated rings. The summed E-state index contributed by atoms with van der Waals surface area (Å²) in [7, 11) is 0. The predicted molar refractivity (Wildman–Crippen MR) is 67.9 cm³/mol. The summed E-state index contributed by atoms with van der Waals surface area (Å²) >= 11 is 1.02. The minimum atomic E-state index is -1.00. The van der Waals surface area contributed by atoms with Crippen LogP contribution in [-0.2, 0) is 9.59 Å². The van der Waals surface area contributed by atoms with Gasteiger partial charge in [-0.3, -0.25) is 9.59 Å². The Labute approximate surface area is 108 Å². The summed E-state index contributed by atoms with van der Waals surface area (Å²) in [5, 5.41) is 14.5. The van der Waals surface area contributed by atoms with E-state index in [2.05, 4.69) is 10.6 Å². The third kappa shape index (κ3) is 4.17. The van der Waals surface area contributed by atoms with E-state index < -0.39 is 5.97 Å². The number of hydrogen-bond donors (Lipinski definition) is 3. The number of aryl methyl sites for hydroxylation is 1. The van der Waals surface area contributed by atoms with Gasteiger partial charge >= 0.3 is 5.97 Å². The Morgan fingerprint density at radius 3 is 2.56 bits per heavy atom. The standard InChI is InChI=1S/C11H14N2O4S/c1-6-5-9(18-10(6)11(16)17)13-8(15)3-4-12-7(2)14/h5H,3-4H2,1-2H3,(H,12,14)(H,13,15)(H,16,17). The van der Waals surface area contributed by atoms with Crippen molar-refractivity contribution in [2.24, 2.45) is 0 Å². The zero-order valence-electron chi connectivity index (χ0n) is 10.1. The largest absolute Gasteiger partial charge is 0.477 e. The van der Waals surface area contributed by atoms with Crippen molar-refractivity contribution in [1.82, 2.24) is 5.32 Å². The van der Waals surface area contributed by atoms with E-state index in [1.54, 1.807) is 13.0 Å². The van der Waals surface area contributed by atoms with Crippen LogP contribution < -0.4 is 10.6 Å². The summed E-state index contributed by atoms with van der Waals surface area (Å²) in [6.07, 6.45) is 0.152. The van der Waals surface area contributed by atoms with Gasteiger partial charge in [0.05, 0.1) is 5.00 Å². The molecule has 0 aliphatic rings. The molecule has 98 valence electrons. The summed E-state index contributed by atoms with van der Waals surface area (Å²) < 4.78 is 0. The summed E-state index contributed by atoms with van der Waals surface area (Å²) in [5.74, 6) is -1.46. The Bertz CT molecular complexity index is 481. The number of carboxylic acid groups (broad SMARTS) is 1. The van der Waals surface area contributed by atoms with E-state index in [0.29, 0.717) is 10.6 Å². The van der Waals surface area contributed by atoms with Gasteiger partial charge in [0, 0.05) is 19.9 Å². The van der Waals surface area contributed by atoms with E-state index in [1.807, 2.05) is 0 Å². The van der Waals surface area contributed by atoms with Crippen molar-refractivity contribution in [3.8, 4) is 0 Å². The summed E-state index contributed by atoms with van der Waals surface area (Å²) in [6.45, 7) is 3.31. The molecule has 3 N–H and O–H groups in total. The Morgan fingerprint density at radius 1 is 1.39 bits per heavy atom. The second kappa shape index (κ2) is 6.15. The van der Waals surface area contributed by atoms with Crippen molar-refractivity contribution in [2.75, 3.05) is 11.9 Å². The van der Waals surface area contributed by atoms with E-state index >= 15 is 0 Å². The van der Waals surface area contributed by atoms with E-state index in [9.17, 15) is 14.4 Å². The number of thiophene rings is 1. The second-order valence-electron chi connectivity index (χ2n) is 3.71. The molecule has 0 radical (unpaired) electrons. The lowest BCUT2D eigenvalue weighted by molar-refractivity contribution is -0.119. The van der Waals surface area contributed by atoms with Crippen LogP contribution >= 0.6 is 11.3 Å². The van der Waals surface area contributed by atoms with Gasteiger partial charge in [-0.25, -0.2) is 4.79 Å². The topological polar surface area (TPSA) is 95.5 Å². The third-order valence-electron chi connectivity index (χ3n) is 2.10. The van der Waals surface area contributed by atoms with Gasteiger partial charge in [-0.05, 0) is 18.6 Å². The highest BCUT2D eigenvalue weighted by Gasteiger charge is 2.13. The summed E-state index contributed by atoms with van der Waals surface area (Å²) in [6, 6.07) is 1.62. The Balaban J connectivity index is 2.52. The Morgan fingerprint density at radius 2 is 2.06 bits per heavy atom. The van der Waals surface area contributed by atoms with Gasteiger partial charge in [0.25, 0.3) is 0 Å². The first-order valence-electron chi connectivity index (χ1n) is 5.28. The number of rotatable bonds is 5. The maximum absolute atomic E-state index is 11.5. The number of carbonyl (C=O) groups is 3. The van der Waals surface area contributed by atoms with Crippen LogP contribution in [0, 0.1) is 6.92 Å². The molecule has 7 heteroatoms. The number of anilines is 1. The molecule has 0 saturated carbocycles. The van der Waals surface area contributed by atoms with E-state index in [-0.39, 0.29) is 29.7 Å². The maximum Gasteiger partial charge on any atom is 0.346 e. The minimum absolute atomic E-state index is 0.152. The van der Waals surface area contributed by atoms with Crippen LogP contribution in [0.15, 0.2) is 6.07 Å². The lowest BCUT2D eigenvalue weighted by atomic mass is 10.3. The number of amides is 2. The highest BCUT2D eigenvalue weighted by Crippen LogP contribution is 2.26. The SMILES string of the molecule is CC(=O)NCCC(=O)Nc1cc(C)c(C(=O)O)s1. The zero-order chi connectivity index (χ0) is 13.7. The van der Waals surface area contributed by atoms with Crippen molar-refractivity contribution in [1.29, 1.82) is 0 Å². The highest BCUT2D eigenvalue weighted by molar-refractivity contribution is 7.18. The summed E-state index contributed by atoms with van der Waals surface area (Å²) in [4.78, 5) is 33.1. The molecule has 2 amide bonds. The first-order valence-corrected chi connectivity index (χ1v) is 6.10. The van der Waals surface area contributed by atoms with Crippen molar-refractivity contribution in [3.63, 3.8) is 0 Å². The molecule has 0 unspecified atom stereocenters. The predicted octanol–water partition coefficient (Wildman–Crippen LogP) is 1.22. The molecule has 1 aromatic heterocycles. The van der Waals surface area contributed by atoms with Gasteiger partial charge in [-0.15, -0.1) is 11.3 Å². The van der Waals surface area contributed by atoms with Gasteiger partial charge in [0.1, 0.15) is 4.88 Å². The first kappa shape index (κ1) is 14.2. The van der Waals surface area contributed by atoms with E-state index in [0.717, 1.165) is 11.3 Å². The lowest BCUT2D eigenvalue weighted by Gasteiger charge is -2.02. The van der Waals surface area contributed by atoms with E-state index in [1.165, 1.54) is 6.92 Å². The molecule has 18 heavy (non-hydrogen) atoms.